The number of aryl methyl sites for hydroxylation is 1. The van der Waals surface area contributed by atoms with Gasteiger partial charge in [-0.25, -0.2) is 9.48 Å². The number of aromatic nitrogens is 4. The summed E-state index contributed by atoms with van der Waals surface area (Å²) in [6.45, 7) is 1.69. The van der Waals surface area contributed by atoms with Crippen LogP contribution < -0.4 is 5.32 Å². The Balaban J connectivity index is 1.87. The maximum Gasteiger partial charge on any atom is 0.408 e. The van der Waals surface area contributed by atoms with Crippen LogP contribution in [0.25, 0.3) is 0 Å². The van der Waals surface area contributed by atoms with Crippen LogP contribution >= 0.6 is 0 Å². The van der Waals surface area contributed by atoms with Crippen molar-refractivity contribution in [2.24, 2.45) is 0 Å². The Morgan fingerprint density at radius 2 is 2.00 bits per heavy atom. The van der Waals surface area contributed by atoms with Gasteiger partial charge in [-0.05, 0) is 22.4 Å². The Morgan fingerprint density at radius 1 is 1.26 bits per heavy atom. The summed E-state index contributed by atoms with van der Waals surface area (Å²) >= 11 is 0. The third kappa shape index (κ3) is 6.49. The molecule has 0 fully saturated rings. The van der Waals surface area contributed by atoms with Gasteiger partial charge >= 0.3 is 12.1 Å². The monoisotopic (exact) mass is 375 g/mol. The summed E-state index contributed by atoms with van der Waals surface area (Å²) in [5, 5.41) is 22.2. The van der Waals surface area contributed by atoms with Crippen LogP contribution in [0.3, 0.4) is 0 Å². The Labute approximate surface area is 155 Å². The maximum absolute atomic E-state index is 12.4. The number of hydrogen-bond donors (Lipinski definition) is 2. The molecular weight excluding hydrogens is 354 g/mol. The molecule has 27 heavy (non-hydrogen) atoms. The number of hydrogen-bond acceptors (Lipinski definition) is 7. The summed E-state index contributed by atoms with van der Waals surface area (Å²) in [6, 6.07) is 8.42. The number of ether oxygens (including phenoxy) is 1. The number of amides is 1. The average Bonchev–Trinajstić information content (AvgIpc) is 3.10. The van der Waals surface area contributed by atoms with E-state index in [-0.39, 0.29) is 31.8 Å². The van der Waals surface area contributed by atoms with E-state index in [1.807, 2.05) is 30.3 Å². The van der Waals surface area contributed by atoms with Gasteiger partial charge in [0.25, 0.3) is 0 Å². The van der Waals surface area contributed by atoms with E-state index in [0.29, 0.717) is 12.2 Å². The fraction of sp³-hybridized carbons (Fsp3) is 0.412. The number of nitrogens with one attached hydrogen (secondary N) is 1. The number of nitrogens with zero attached hydrogens (tertiary/aromatic N) is 4. The Kier molecular flexibility index (Phi) is 7.41. The number of rotatable bonds is 10. The summed E-state index contributed by atoms with van der Waals surface area (Å²) in [5.41, 5.74) is 0.837. The lowest BCUT2D eigenvalue weighted by atomic mass is 10.1. The lowest BCUT2D eigenvalue weighted by Crippen LogP contribution is -2.42. The number of Topliss-reactive ketones (excluding diaryl/α,β-unsaturated/α-hetero) is 1. The first-order valence-electron chi connectivity index (χ1n) is 8.46. The highest BCUT2D eigenvalue weighted by Crippen LogP contribution is 2.04. The van der Waals surface area contributed by atoms with Crippen molar-refractivity contribution in [3.05, 3.63) is 41.7 Å². The van der Waals surface area contributed by atoms with Crippen LogP contribution in [0.2, 0.25) is 0 Å². The molecule has 0 saturated heterocycles. The van der Waals surface area contributed by atoms with Gasteiger partial charge in [0.1, 0.15) is 13.2 Å². The summed E-state index contributed by atoms with van der Waals surface area (Å²) in [6.07, 6.45) is -0.359. The SMILES string of the molecule is CCC(NC(=O)OCc1ccccc1)C(=O)Cn1nnnc1CCC(=O)O. The van der Waals surface area contributed by atoms with Gasteiger partial charge in [-0.3, -0.25) is 9.59 Å². The van der Waals surface area contributed by atoms with Gasteiger partial charge in [-0.2, -0.15) is 0 Å². The van der Waals surface area contributed by atoms with Crippen molar-refractivity contribution >= 4 is 17.8 Å². The number of carbonyl (C=O) groups excluding carboxylic acids is 2. The lowest BCUT2D eigenvalue weighted by molar-refractivity contribution is -0.137. The number of ketones is 1. The van der Waals surface area contributed by atoms with E-state index in [2.05, 4.69) is 20.8 Å². The van der Waals surface area contributed by atoms with Crippen molar-refractivity contribution in [3.63, 3.8) is 0 Å². The molecular formula is C17H21N5O5. The molecule has 0 aliphatic carbocycles. The van der Waals surface area contributed by atoms with E-state index >= 15 is 0 Å². The molecule has 0 aliphatic heterocycles. The van der Waals surface area contributed by atoms with Crippen molar-refractivity contribution in [2.75, 3.05) is 0 Å². The fourth-order valence-electron chi connectivity index (χ4n) is 2.32. The fourth-order valence-corrected chi connectivity index (χ4v) is 2.32. The number of tetrazole rings is 1. The van der Waals surface area contributed by atoms with Crippen molar-refractivity contribution < 1.29 is 24.2 Å². The van der Waals surface area contributed by atoms with Gasteiger partial charge in [-0.1, -0.05) is 37.3 Å². The highest BCUT2D eigenvalue weighted by atomic mass is 16.5. The van der Waals surface area contributed by atoms with E-state index in [1.54, 1.807) is 6.92 Å². The zero-order valence-corrected chi connectivity index (χ0v) is 14.9. The Morgan fingerprint density at radius 3 is 2.67 bits per heavy atom. The highest BCUT2D eigenvalue weighted by molar-refractivity contribution is 5.87. The van der Waals surface area contributed by atoms with Crippen LogP contribution in [0.1, 0.15) is 31.2 Å². The molecule has 1 aromatic carbocycles. The highest BCUT2D eigenvalue weighted by Gasteiger charge is 2.22. The molecule has 0 aliphatic rings. The second-order valence-corrected chi connectivity index (χ2v) is 5.78. The molecule has 0 spiro atoms. The van der Waals surface area contributed by atoms with Crippen LogP contribution in [0.15, 0.2) is 30.3 Å². The van der Waals surface area contributed by atoms with Crippen molar-refractivity contribution in [3.8, 4) is 0 Å². The molecule has 0 saturated carbocycles. The lowest BCUT2D eigenvalue weighted by Gasteiger charge is -2.16. The summed E-state index contributed by atoms with van der Waals surface area (Å²) in [4.78, 5) is 35.0. The normalized spacial score (nSPS) is 11.6. The van der Waals surface area contributed by atoms with Crippen LogP contribution in [0.5, 0.6) is 0 Å². The zero-order valence-electron chi connectivity index (χ0n) is 14.9. The van der Waals surface area contributed by atoms with Crippen molar-refractivity contribution in [1.29, 1.82) is 0 Å². The molecule has 10 nitrogen and oxygen atoms in total. The number of aliphatic carboxylic acids is 1. The summed E-state index contributed by atoms with van der Waals surface area (Å²) < 4.78 is 6.36. The average molecular weight is 375 g/mol. The number of carboxylic acids is 1. The largest absolute Gasteiger partial charge is 0.481 e. The molecule has 10 heteroatoms. The zero-order chi connectivity index (χ0) is 19.6. The van der Waals surface area contributed by atoms with E-state index in [4.69, 9.17) is 9.84 Å². The minimum absolute atomic E-state index is 0.101. The minimum Gasteiger partial charge on any atom is -0.481 e. The second kappa shape index (κ2) is 10.00. The van der Waals surface area contributed by atoms with Gasteiger partial charge in [-0.15, -0.1) is 5.10 Å². The Hall–Kier alpha value is -3.30. The molecule has 2 aromatic rings. The summed E-state index contributed by atoms with van der Waals surface area (Å²) in [7, 11) is 0. The van der Waals surface area contributed by atoms with Gasteiger partial charge in [0.05, 0.1) is 12.5 Å². The predicted octanol–water partition coefficient (Wildman–Crippen LogP) is 0.964. The molecule has 1 aromatic heterocycles. The molecule has 1 unspecified atom stereocenters. The predicted molar refractivity (Wildman–Crippen MR) is 92.6 cm³/mol. The maximum atomic E-state index is 12.4. The molecule has 1 atom stereocenters. The molecule has 0 bridgehead atoms. The van der Waals surface area contributed by atoms with Gasteiger partial charge < -0.3 is 15.2 Å². The van der Waals surface area contributed by atoms with Crippen molar-refractivity contribution in [1.82, 2.24) is 25.5 Å². The van der Waals surface area contributed by atoms with E-state index in [1.165, 1.54) is 4.68 Å². The van der Waals surface area contributed by atoms with Crippen LogP contribution in [0.4, 0.5) is 4.79 Å². The topological polar surface area (TPSA) is 136 Å². The van der Waals surface area contributed by atoms with E-state index in [0.717, 1.165) is 5.56 Å². The molecule has 1 amide bonds. The standard InChI is InChI=1S/C17H21N5O5/c1-2-13(18-17(26)27-11-12-6-4-3-5-7-12)14(23)10-22-15(19-20-21-22)8-9-16(24)25/h3-7,13H,2,8-11H2,1H3,(H,18,26)(H,24,25). The third-order valence-corrected chi connectivity index (χ3v) is 3.78. The van der Waals surface area contributed by atoms with Gasteiger partial charge in [0.2, 0.25) is 0 Å². The molecule has 144 valence electrons. The number of benzene rings is 1. The first kappa shape index (κ1) is 20.0. The quantitative estimate of drug-likeness (QED) is 0.627. The smallest absolute Gasteiger partial charge is 0.408 e. The van der Waals surface area contributed by atoms with E-state index < -0.39 is 18.1 Å². The molecule has 2 rings (SSSR count). The summed E-state index contributed by atoms with van der Waals surface area (Å²) in [5.74, 6) is -0.990. The minimum atomic E-state index is -0.981. The van der Waals surface area contributed by atoms with Gasteiger partial charge in [0, 0.05) is 6.42 Å². The number of alkyl carbamates (subject to hydrolysis) is 1. The molecule has 0 radical (unpaired) electrons. The molecule has 2 N–H and O–H groups in total. The first-order valence-corrected chi connectivity index (χ1v) is 8.46. The van der Waals surface area contributed by atoms with Crippen LogP contribution in [0, 0.1) is 0 Å². The number of carboxylic acid groups (broad SMARTS) is 1. The second-order valence-electron chi connectivity index (χ2n) is 5.78. The van der Waals surface area contributed by atoms with Gasteiger partial charge in [0.15, 0.2) is 11.6 Å². The molecule has 1 heterocycles. The van der Waals surface area contributed by atoms with Crippen LogP contribution in [-0.2, 0) is 33.9 Å². The first-order chi connectivity index (χ1) is 13.0. The van der Waals surface area contributed by atoms with Crippen LogP contribution in [-0.4, -0.2) is 49.2 Å². The van der Waals surface area contributed by atoms with E-state index in [9.17, 15) is 14.4 Å². The Bertz CT molecular complexity index is 777. The third-order valence-electron chi connectivity index (χ3n) is 3.78. The van der Waals surface area contributed by atoms with Crippen molar-refractivity contribution in [2.45, 2.75) is 45.4 Å². The number of carbonyl (C=O) groups is 3.